The van der Waals surface area contributed by atoms with Gasteiger partial charge in [0.05, 0.1) is 24.3 Å². The summed E-state index contributed by atoms with van der Waals surface area (Å²) < 4.78 is 18.2. The second-order valence-electron chi connectivity index (χ2n) is 5.95. The van der Waals surface area contributed by atoms with Crippen molar-refractivity contribution in [3.05, 3.63) is 59.1 Å². The van der Waals surface area contributed by atoms with Gasteiger partial charge >= 0.3 is 0 Å². The Bertz CT molecular complexity index is 1040. The highest BCUT2D eigenvalue weighted by Gasteiger charge is 2.10. The number of anilines is 4. The van der Waals surface area contributed by atoms with E-state index in [1.807, 2.05) is 0 Å². The summed E-state index contributed by atoms with van der Waals surface area (Å²) in [7, 11) is 1.51. The van der Waals surface area contributed by atoms with E-state index in [1.165, 1.54) is 31.0 Å². The first-order chi connectivity index (χ1) is 14.4. The Morgan fingerprint density at radius 2 is 1.97 bits per heavy atom. The van der Waals surface area contributed by atoms with Crippen LogP contribution < -0.4 is 21.1 Å². The van der Waals surface area contributed by atoms with Crippen LogP contribution in [-0.4, -0.2) is 33.7 Å². The molecule has 0 saturated heterocycles. The van der Waals surface area contributed by atoms with Crippen molar-refractivity contribution in [2.24, 2.45) is 0 Å². The molecular formula is C19H18ClFN6O2S. The predicted octanol–water partition coefficient (Wildman–Crippen LogP) is 3.87. The Hall–Kier alpha value is -3.11. The lowest BCUT2D eigenvalue weighted by atomic mass is 10.3. The van der Waals surface area contributed by atoms with Crippen LogP contribution in [0, 0.1) is 5.82 Å². The number of aromatic nitrogens is 3. The fraction of sp³-hybridized carbons (Fsp3) is 0.158. The molecule has 0 saturated carbocycles. The molecule has 0 unspecified atom stereocenters. The molecule has 1 aromatic heterocycles. The molecular weight excluding hydrogens is 431 g/mol. The fourth-order valence-electron chi connectivity index (χ4n) is 2.42. The van der Waals surface area contributed by atoms with Crippen molar-refractivity contribution in [2.45, 2.75) is 5.75 Å². The summed E-state index contributed by atoms with van der Waals surface area (Å²) >= 11 is 7.27. The minimum Gasteiger partial charge on any atom is -0.495 e. The van der Waals surface area contributed by atoms with Crippen molar-refractivity contribution in [3.8, 4) is 5.75 Å². The molecule has 8 nitrogen and oxygen atoms in total. The molecule has 0 spiro atoms. The minimum absolute atomic E-state index is 0.0401. The first-order valence-corrected chi connectivity index (χ1v) is 10.2. The highest BCUT2D eigenvalue weighted by atomic mass is 35.5. The van der Waals surface area contributed by atoms with Crippen LogP contribution in [0.25, 0.3) is 0 Å². The third-order valence-electron chi connectivity index (χ3n) is 3.70. The van der Waals surface area contributed by atoms with Gasteiger partial charge in [-0.1, -0.05) is 11.6 Å². The molecule has 156 valence electrons. The first kappa shape index (κ1) is 21.6. The molecule has 0 atom stereocenters. The smallest absolute Gasteiger partial charge is 0.234 e. The normalized spacial score (nSPS) is 10.5. The van der Waals surface area contributed by atoms with Crippen molar-refractivity contribution in [2.75, 3.05) is 29.2 Å². The number of rotatable bonds is 8. The molecule has 11 heteroatoms. The van der Waals surface area contributed by atoms with E-state index in [2.05, 4.69) is 25.6 Å². The minimum atomic E-state index is -0.346. The zero-order valence-corrected chi connectivity index (χ0v) is 17.4. The van der Waals surface area contributed by atoms with Gasteiger partial charge in [-0.2, -0.15) is 15.0 Å². The summed E-state index contributed by atoms with van der Waals surface area (Å²) in [6.07, 6.45) is 0. The monoisotopic (exact) mass is 448 g/mol. The molecule has 0 radical (unpaired) electrons. The third-order valence-corrected chi connectivity index (χ3v) is 4.86. The largest absolute Gasteiger partial charge is 0.495 e. The van der Waals surface area contributed by atoms with Crippen LogP contribution in [0.2, 0.25) is 5.02 Å². The Kier molecular flexibility index (Phi) is 7.26. The SMILES string of the molecule is COc1ccc(Cl)cc1NC(=O)CSCc1nc(N)nc(Nc2ccc(F)cc2)n1. The number of nitrogens with zero attached hydrogens (tertiary/aromatic N) is 3. The maximum absolute atomic E-state index is 13.0. The van der Waals surface area contributed by atoms with E-state index in [9.17, 15) is 9.18 Å². The van der Waals surface area contributed by atoms with Gasteiger partial charge in [0, 0.05) is 10.7 Å². The van der Waals surface area contributed by atoms with E-state index >= 15 is 0 Å². The van der Waals surface area contributed by atoms with Crippen molar-refractivity contribution < 1.29 is 13.9 Å². The lowest BCUT2D eigenvalue weighted by Crippen LogP contribution is -2.15. The second kappa shape index (κ2) is 10.1. The number of carbonyl (C=O) groups excluding carboxylic acids is 1. The van der Waals surface area contributed by atoms with E-state index in [1.54, 1.807) is 30.3 Å². The zero-order chi connectivity index (χ0) is 21.5. The summed E-state index contributed by atoms with van der Waals surface area (Å²) in [6.45, 7) is 0. The zero-order valence-electron chi connectivity index (χ0n) is 15.9. The van der Waals surface area contributed by atoms with Crippen molar-refractivity contribution >= 4 is 52.5 Å². The van der Waals surface area contributed by atoms with Gasteiger partial charge in [0.15, 0.2) is 0 Å². The van der Waals surface area contributed by atoms with Crippen LogP contribution >= 0.6 is 23.4 Å². The van der Waals surface area contributed by atoms with Gasteiger partial charge in [-0.15, -0.1) is 11.8 Å². The van der Waals surface area contributed by atoms with Crippen molar-refractivity contribution in [3.63, 3.8) is 0 Å². The number of thioether (sulfide) groups is 1. The van der Waals surface area contributed by atoms with Crippen LogP contribution in [0.1, 0.15) is 5.82 Å². The van der Waals surface area contributed by atoms with Crippen LogP contribution in [0.3, 0.4) is 0 Å². The van der Waals surface area contributed by atoms with Gasteiger partial charge in [0.2, 0.25) is 17.8 Å². The molecule has 0 aliphatic heterocycles. The number of nitrogens with two attached hydrogens (primary N) is 1. The second-order valence-corrected chi connectivity index (χ2v) is 7.37. The molecule has 3 rings (SSSR count). The van der Waals surface area contributed by atoms with Crippen molar-refractivity contribution in [1.82, 2.24) is 15.0 Å². The number of hydrogen-bond acceptors (Lipinski definition) is 8. The molecule has 0 aliphatic carbocycles. The molecule has 4 N–H and O–H groups in total. The van der Waals surface area contributed by atoms with Crippen LogP contribution in [0.15, 0.2) is 42.5 Å². The van der Waals surface area contributed by atoms with E-state index in [-0.39, 0.29) is 29.4 Å². The summed E-state index contributed by atoms with van der Waals surface area (Å²) in [5.41, 5.74) is 6.84. The average Bonchev–Trinajstić information content (AvgIpc) is 2.69. The van der Waals surface area contributed by atoms with Gasteiger partial charge in [-0.3, -0.25) is 4.79 Å². The summed E-state index contributed by atoms with van der Waals surface area (Å²) in [5, 5.41) is 6.18. The highest BCUT2D eigenvalue weighted by molar-refractivity contribution is 7.99. The fourth-order valence-corrected chi connectivity index (χ4v) is 3.26. The Morgan fingerprint density at radius 3 is 2.70 bits per heavy atom. The molecule has 3 aromatic rings. The number of nitrogens with one attached hydrogen (secondary N) is 2. The number of amides is 1. The molecule has 0 bridgehead atoms. The first-order valence-electron chi connectivity index (χ1n) is 8.67. The van der Waals surface area contributed by atoms with Gasteiger partial charge in [-0.05, 0) is 42.5 Å². The number of nitrogen functional groups attached to an aromatic ring is 1. The van der Waals surface area contributed by atoms with Crippen LogP contribution in [0.5, 0.6) is 5.75 Å². The van der Waals surface area contributed by atoms with Gasteiger partial charge < -0.3 is 21.1 Å². The van der Waals surface area contributed by atoms with E-state index in [0.717, 1.165) is 0 Å². The van der Waals surface area contributed by atoms with E-state index in [4.69, 9.17) is 22.1 Å². The van der Waals surface area contributed by atoms with E-state index in [0.29, 0.717) is 33.7 Å². The summed E-state index contributed by atoms with van der Waals surface area (Å²) in [4.78, 5) is 24.6. The molecule has 1 amide bonds. The molecule has 0 aliphatic rings. The Labute approximate surface area is 181 Å². The topological polar surface area (TPSA) is 115 Å². The maximum atomic E-state index is 13.0. The van der Waals surface area contributed by atoms with Crippen molar-refractivity contribution in [1.29, 1.82) is 0 Å². The number of methoxy groups -OCH3 is 1. The third kappa shape index (κ3) is 6.19. The predicted molar refractivity (Wildman–Crippen MR) is 117 cm³/mol. The quantitative estimate of drug-likeness (QED) is 0.475. The van der Waals surface area contributed by atoms with Gasteiger partial charge in [0.1, 0.15) is 17.4 Å². The Balaban J connectivity index is 1.56. The maximum Gasteiger partial charge on any atom is 0.234 e. The number of carbonyl (C=O) groups is 1. The molecule has 30 heavy (non-hydrogen) atoms. The number of hydrogen-bond donors (Lipinski definition) is 3. The van der Waals surface area contributed by atoms with Gasteiger partial charge in [0.25, 0.3) is 0 Å². The average molecular weight is 449 g/mol. The standard InChI is InChI=1S/C19H18ClFN6O2S/c1-29-15-7-2-11(20)8-14(15)24-17(28)10-30-9-16-25-18(22)27-19(26-16)23-13-5-3-12(21)4-6-13/h2-8H,9-10H2,1H3,(H,24,28)(H3,22,23,25,26,27). The highest BCUT2D eigenvalue weighted by Crippen LogP contribution is 2.28. The molecule has 0 fully saturated rings. The Morgan fingerprint density at radius 1 is 1.20 bits per heavy atom. The molecule has 2 aromatic carbocycles. The summed E-state index contributed by atoms with van der Waals surface area (Å²) in [6, 6.07) is 10.7. The number of benzene rings is 2. The lowest BCUT2D eigenvalue weighted by molar-refractivity contribution is -0.113. The number of ether oxygens (including phenoxy) is 1. The van der Waals surface area contributed by atoms with Crippen LogP contribution in [0.4, 0.5) is 27.7 Å². The summed E-state index contributed by atoms with van der Waals surface area (Å²) in [5.74, 6) is 1.11. The lowest BCUT2D eigenvalue weighted by Gasteiger charge is -2.10. The number of halogens is 2. The van der Waals surface area contributed by atoms with Gasteiger partial charge in [-0.25, -0.2) is 4.39 Å². The molecule has 1 heterocycles. The van der Waals surface area contributed by atoms with E-state index < -0.39 is 0 Å². The van der Waals surface area contributed by atoms with Crippen LogP contribution in [-0.2, 0) is 10.5 Å².